The van der Waals surface area contributed by atoms with Crippen LogP contribution in [0.1, 0.15) is 5.56 Å². The molecule has 89 valence electrons. The highest BCUT2D eigenvalue weighted by Gasteiger charge is 2.12. The Morgan fingerprint density at radius 3 is 2.78 bits per heavy atom. The molecule has 18 heavy (non-hydrogen) atoms. The van der Waals surface area contributed by atoms with Crippen LogP contribution in [0.3, 0.4) is 0 Å². The summed E-state index contributed by atoms with van der Waals surface area (Å²) in [5, 5.41) is 5.53. The van der Waals surface area contributed by atoms with E-state index < -0.39 is 0 Å². The van der Waals surface area contributed by atoms with Crippen LogP contribution in [-0.4, -0.2) is 13.7 Å². The van der Waals surface area contributed by atoms with Crippen molar-refractivity contribution in [3.63, 3.8) is 0 Å². The topological polar surface area (TPSA) is 21.3 Å². The molecule has 2 aromatic carbocycles. The smallest absolute Gasteiger partial charge is 0.151 e. The van der Waals surface area contributed by atoms with Crippen LogP contribution >= 0.6 is 0 Å². The lowest BCUT2D eigenvalue weighted by atomic mass is 9.99. The summed E-state index contributed by atoms with van der Waals surface area (Å²) in [5.41, 5.74) is 2.27. The van der Waals surface area contributed by atoms with Gasteiger partial charge in [0.15, 0.2) is 5.76 Å². The van der Waals surface area contributed by atoms with Crippen molar-refractivity contribution in [3.8, 4) is 0 Å². The highest BCUT2D eigenvalue weighted by Crippen LogP contribution is 2.27. The highest BCUT2D eigenvalue weighted by atomic mass is 16.5. The van der Waals surface area contributed by atoms with Crippen LogP contribution in [0.5, 0.6) is 0 Å². The lowest BCUT2D eigenvalue weighted by Crippen LogP contribution is -2.14. The second kappa shape index (κ2) is 4.57. The van der Waals surface area contributed by atoms with Crippen molar-refractivity contribution in [1.82, 2.24) is 5.32 Å². The third-order valence-corrected chi connectivity index (χ3v) is 3.12. The van der Waals surface area contributed by atoms with Crippen molar-refractivity contribution in [2.75, 3.05) is 13.7 Å². The number of rotatable bonds is 2. The van der Waals surface area contributed by atoms with Crippen molar-refractivity contribution in [2.45, 2.75) is 0 Å². The first-order chi connectivity index (χ1) is 8.88. The predicted molar refractivity (Wildman–Crippen MR) is 73.7 cm³/mol. The second-order valence-electron chi connectivity index (χ2n) is 4.22. The Kier molecular flexibility index (Phi) is 2.77. The van der Waals surface area contributed by atoms with Crippen LogP contribution in [0.2, 0.25) is 0 Å². The van der Waals surface area contributed by atoms with Crippen LogP contribution < -0.4 is 5.32 Å². The third-order valence-electron chi connectivity index (χ3n) is 3.12. The molecule has 1 aliphatic heterocycles. The molecule has 0 atom stereocenters. The molecule has 0 amide bonds. The largest absolute Gasteiger partial charge is 0.494 e. The summed E-state index contributed by atoms with van der Waals surface area (Å²) in [5.74, 6) is 0.761. The molecule has 2 heteroatoms. The monoisotopic (exact) mass is 236 g/mol. The van der Waals surface area contributed by atoms with Gasteiger partial charge >= 0.3 is 0 Å². The van der Waals surface area contributed by atoms with Gasteiger partial charge in [0.2, 0.25) is 0 Å². The molecule has 0 saturated carbocycles. The molecule has 0 fully saturated rings. The first-order valence-electron chi connectivity index (χ1n) is 5.98. The molecule has 3 rings (SSSR count). The van der Waals surface area contributed by atoms with E-state index in [4.69, 9.17) is 4.74 Å². The van der Waals surface area contributed by atoms with Crippen LogP contribution in [0.15, 0.2) is 54.3 Å². The summed E-state index contributed by atoms with van der Waals surface area (Å²) in [4.78, 5) is 0. The minimum Gasteiger partial charge on any atom is -0.494 e. The number of fused-ring (bicyclic) bond motifs is 1. The Labute approximate surface area is 107 Å². The lowest BCUT2D eigenvalue weighted by molar-refractivity contribution is 0.304. The van der Waals surface area contributed by atoms with E-state index in [0.717, 1.165) is 17.9 Å². The predicted octanol–water partition coefficient (Wildman–Crippen LogP) is 3.12. The zero-order chi connectivity index (χ0) is 12.4. The lowest BCUT2D eigenvalue weighted by Gasteiger charge is -2.16. The molecule has 1 radical (unpaired) electrons. The van der Waals surface area contributed by atoms with Crippen molar-refractivity contribution >= 4 is 16.3 Å². The van der Waals surface area contributed by atoms with Gasteiger partial charge in [0.25, 0.3) is 0 Å². The number of benzene rings is 2. The molecule has 1 N–H and O–H groups in total. The molecule has 2 nitrogen and oxygen atoms in total. The van der Waals surface area contributed by atoms with Crippen molar-refractivity contribution in [3.05, 3.63) is 66.1 Å². The van der Waals surface area contributed by atoms with Gasteiger partial charge in [-0.15, -0.1) is 0 Å². The molecule has 0 aliphatic carbocycles. The molecule has 0 aromatic heterocycles. The van der Waals surface area contributed by atoms with Gasteiger partial charge in [-0.3, -0.25) is 0 Å². The van der Waals surface area contributed by atoms with Gasteiger partial charge in [0.1, 0.15) is 6.20 Å². The summed E-state index contributed by atoms with van der Waals surface area (Å²) in [6.45, 7) is 0.787. The summed E-state index contributed by atoms with van der Waals surface area (Å²) in [6, 6.07) is 14.8. The molecule has 0 saturated heterocycles. The SMILES string of the molecule is COC1=[C]NCC=C1c1ccc2ccccc2c1. The first-order valence-corrected chi connectivity index (χ1v) is 5.98. The maximum absolute atomic E-state index is 5.34. The van der Waals surface area contributed by atoms with Gasteiger partial charge in [-0.2, -0.15) is 0 Å². The Morgan fingerprint density at radius 2 is 1.94 bits per heavy atom. The fraction of sp³-hybridized carbons (Fsp3) is 0.125. The molecule has 0 bridgehead atoms. The zero-order valence-electron chi connectivity index (χ0n) is 10.2. The number of ether oxygens (including phenoxy) is 1. The fourth-order valence-electron chi connectivity index (χ4n) is 2.21. The maximum atomic E-state index is 5.34. The molecule has 0 spiro atoms. The van der Waals surface area contributed by atoms with Crippen LogP contribution in [-0.2, 0) is 4.74 Å². The van der Waals surface area contributed by atoms with E-state index in [9.17, 15) is 0 Å². The Morgan fingerprint density at radius 1 is 1.11 bits per heavy atom. The third kappa shape index (κ3) is 1.86. The van der Waals surface area contributed by atoms with Gasteiger partial charge in [-0.1, -0.05) is 42.5 Å². The summed E-state index contributed by atoms with van der Waals surface area (Å²) in [6.07, 6.45) is 5.17. The van der Waals surface area contributed by atoms with Crippen molar-refractivity contribution in [1.29, 1.82) is 0 Å². The van der Waals surface area contributed by atoms with Crippen LogP contribution in [0.4, 0.5) is 0 Å². The quantitative estimate of drug-likeness (QED) is 0.865. The average Bonchev–Trinajstić information content (AvgIpc) is 2.46. The van der Waals surface area contributed by atoms with E-state index in [-0.39, 0.29) is 0 Å². The van der Waals surface area contributed by atoms with Crippen molar-refractivity contribution < 1.29 is 4.74 Å². The normalized spacial score (nSPS) is 14.7. The zero-order valence-corrected chi connectivity index (χ0v) is 10.2. The molecular weight excluding hydrogens is 222 g/mol. The van der Waals surface area contributed by atoms with E-state index in [0.29, 0.717) is 0 Å². The Balaban J connectivity index is 2.09. The first kappa shape index (κ1) is 10.9. The van der Waals surface area contributed by atoms with E-state index in [2.05, 4.69) is 60.1 Å². The van der Waals surface area contributed by atoms with Gasteiger partial charge in [0.05, 0.1) is 7.11 Å². The number of nitrogens with one attached hydrogen (secondary N) is 1. The number of methoxy groups -OCH3 is 1. The number of allylic oxidation sites excluding steroid dienone is 1. The van der Waals surface area contributed by atoms with Crippen LogP contribution in [0.25, 0.3) is 16.3 Å². The van der Waals surface area contributed by atoms with E-state index in [1.54, 1.807) is 7.11 Å². The second-order valence-corrected chi connectivity index (χ2v) is 4.22. The minimum atomic E-state index is 0.761. The number of hydrogen-bond acceptors (Lipinski definition) is 2. The Hall–Kier alpha value is -2.22. The summed E-state index contributed by atoms with van der Waals surface area (Å²) >= 11 is 0. The molecule has 0 unspecified atom stereocenters. The van der Waals surface area contributed by atoms with E-state index in [1.165, 1.54) is 16.3 Å². The minimum absolute atomic E-state index is 0.761. The van der Waals surface area contributed by atoms with Crippen molar-refractivity contribution in [2.24, 2.45) is 0 Å². The number of hydrogen-bond donors (Lipinski definition) is 1. The van der Waals surface area contributed by atoms with E-state index in [1.807, 2.05) is 0 Å². The standard InChI is InChI=1S/C16H14NO/c1-18-16-11-17-9-8-15(16)14-7-6-12-4-2-3-5-13(12)10-14/h2-8,10,17H,9H2,1H3. The summed E-state index contributed by atoms with van der Waals surface area (Å²) < 4.78 is 5.34. The highest BCUT2D eigenvalue weighted by molar-refractivity contribution is 5.88. The van der Waals surface area contributed by atoms with E-state index >= 15 is 0 Å². The van der Waals surface area contributed by atoms with Gasteiger partial charge in [-0.05, 0) is 22.4 Å². The molecular formula is C16H14NO. The van der Waals surface area contributed by atoms with Gasteiger partial charge in [-0.25, -0.2) is 0 Å². The molecule has 1 heterocycles. The van der Waals surface area contributed by atoms with Gasteiger partial charge in [0, 0.05) is 12.1 Å². The Bertz CT molecular complexity index is 640. The summed E-state index contributed by atoms with van der Waals surface area (Å²) in [7, 11) is 1.67. The maximum Gasteiger partial charge on any atom is 0.151 e. The average molecular weight is 236 g/mol. The molecule has 2 aromatic rings. The van der Waals surface area contributed by atoms with Gasteiger partial charge < -0.3 is 10.1 Å². The number of dihydropyridines is 1. The van der Waals surface area contributed by atoms with Crippen LogP contribution in [0, 0.1) is 6.20 Å². The fourth-order valence-corrected chi connectivity index (χ4v) is 2.21. The molecule has 1 aliphatic rings.